The minimum atomic E-state index is -4.47. The second kappa shape index (κ2) is 7.84. The first-order valence-electron chi connectivity index (χ1n) is 8.09. The Bertz CT molecular complexity index is 944. The fraction of sp³-hybridized carbons (Fsp3) is 0.158. The van der Waals surface area contributed by atoms with E-state index in [1.54, 1.807) is 19.1 Å². The number of para-hydroxylation sites is 1. The molecular weight excluding hydrogens is 377 g/mol. The molecule has 0 saturated heterocycles. The molecule has 1 heterocycles. The van der Waals surface area contributed by atoms with Crippen molar-refractivity contribution in [1.82, 2.24) is 9.97 Å². The summed E-state index contributed by atoms with van der Waals surface area (Å²) in [6.07, 6.45) is -4.47. The van der Waals surface area contributed by atoms with E-state index in [1.807, 2.05) is 18.2 Å². The van der Waals surface area contributed by atoms with Crippen molar-refractivity contribution in [2.45, 2.75) is 19.6 Å². The summed E-state index contributed by atoms with van der Waals surface area (Å²) in [6, 6.07) is 14.3. The van der Waals surface area contributed by atoms with Crippen molar-refractivity contribution >= 4 is 29.1 Å². The second-order valence-corrected chi connectivity index (χ2v) is 6.24. The largest absolute Gasteiger partial charge is 0.418 e. The van der Waals surface area contributed by atoms with Crippen LogP contribution in [0.25, 0.3) is 0 Å². The number of rotatable bonds is 5. The summed E-state index contributed by atoms with van der Waals surface area (Å²) < 4.78 is 39.5. The van der Waals surface area contributed by atoms with Gasteiger partial charge in [-0.15, -0.1) is 0 Å². The smallest absolute Gasteiger partial charge is 0.366 e. The minimum absolute atomic E-state index is 0.0772. The van der Waals surface area contributed by atoms with Gasteiger partial charge in [-0.05, 0) is 30.7 Å². The van der Waals surface area contributed by atoms with Crippen LogP contribution in [0.2, 0.25) is 5.02 Å². The number of hydrogen-bond acceptors (Lipinski definition) is 4. The van der Waals surface area contributed by atoms with Gasteiger partial charge in [-0.2, -0.15) is 18.2 Å². The predicted molar refractivity (Wildman–Crippen MR) is 100 cm³/mol. The SMILES string of the molecule is Cc1cc(NCc2ccccc2Cl)nc(Nc2ccccc2C(F)(F)F)n1. The van der Waals surface area contributed by atoms with Crippen molar-refractivity contribution in [3.63, 3.8) is 0 Å². The zero-order chi connectivity index (χ0) is 19.4. The first-order valence-corrected chi connectivity index (χ1v) is 8.47. The van der Waals surface area contributed by atoms with Gasteiger partial charge in [-0.3, -0.25) is 0 Å². The predicted octanol–water partition coefficient (Wildman–Crippen LogP) is 5.81. The molecule has 2 aromatic carbocycles. The Balaban J connectivity index is 1.81. The molecule has 0 amide bonds. The van der Waals surface area contributed by atoms with E-state index in [4.69, 9.17) is 11.6 Å². The minimum Gasteiger partial charge on any atom is -0.366 e. The lowest BCUT2D eigenvalue weighted by Crippen LogP contribution is -2.10. The van der Waals surface area contributed by atoms with Crippen molar-refractivity contribution < 1.29 is 13.2 Å². The molecule has 1 aromatic heterocycles. The molecule has 0 spiro atoms. The van der Waals surface area contributed by atoms with E-state index in [0.717, 1.165) is 11.6 Å². The topological polar surface area (TPSA) is 49.8 Å². The van der Waals surface area contributed by atoms with Crippen LogP contribution in [0, 0.1) is 6.92 Å². The van der Waals surface area contributed by atoms with Gasteiger partial charge < -0.3 is 10.6 Å². The quantitative estimate of drug-likeness (QED) is 0.575. The lowest BCUT2D eigenvalue weighted by Gasteiger charge is -2.14. The third-order valence-electron chi connectivity index (χ3n) is 3.75. The zero-order valence-electron chi connectivity index (χ0n) is 14.3. The Morgan fingerprint density at radius 1 is 1.00 bits per heavy atom. The monoisotopic (exact) mass is 392 g/mol. The molecule has 0 aliphatic carbocycles. The third kappa shape index (κ3) is 4.89. The van der Waals surface area contributed by atoms with E-state index >= 15 is 0 Å². The summed E-state index contributed by atoms with van der Waals surface area (Å²) in [5.74, 6) is 0.558. The van der Waals surface area contributed by atoms with Gasteiger partial charge in [-0.25, -0.2) is 4.98 Å². The Labute approximate surface area is 159 Å². The van der Waals surface area contributed by atoms with Gasteiger partial charge in [-0.1, -0.05) is 41.9 Å². The molecule has 0 radical (unpaired) electrons. The lowest BCUT2D eigenvalue weighted by atomic mass is 10.1. The molecule has 2 N–H and O–H groups in total. The summed E-state index contributed by atoms with van der Waals surface area (Å²) in [6.45, 7) is 2.16. The highest BCUT2D eigenvalue weighted by atomic mass is 35.5. The first-order chi connectivity index (χ1) is 12.8. The second-order valence-electron chi connectivity index (χ2n) is 5.83. The zero-order valence-corrected chi connectivity index (χ0v) is 15.1. The normalized spacial score (nSPS) is 11.3. The molecule has 0 fully saturated rings. The number of alkyl halides is 3. The molecule has 27 heavy (non-hydrogen) atoms. The number of aryl methyl sites for hydroxylation is 1. The van der Waals surface area contributed by atoms with Gasteiger partial charge in [0.1, 0.15) is 5.82 Å². The number of benzene rings is 2. The highest BCUT2D eigenvalue weighted by Crippen LogP contribution is 2.35. The van der Waals surface area contributed by atoms with Crippen LogP contribution >= 0.6 is 11.6 Å². The molecule has 0 unspecified atom stereocenters. The van der Waals surface area contributed by atoms with Gasteiger partial charge in [0.2, 0.25) is 5.95 Å². The number of halogens is 4. The van der Waals surface area contributed by atoms with Crippen molar-refractivity contribution in [1.29, 1.82) is 0 Å². The van der Waals surface area contributed by atoms with Crippen molar-refractivity contribution in [3.8, 4) is 0 Å². The summed E-state index contributed by atoms with van der Waals surface area (Å²) in [5.41, 5.74) is 0.611. The van der Waals surface area contributed by atoms with Crippen LogP contribution in [-0.4, -0.2) is 9.97 Å². The molecule has 3 rings (SSSR count). The van der Waals surface area contributed by atoms with Crippen LogP contribution in [0.4, 0.5) is 30.6 Å². The molecule has 0 bridgehead atoms. The molecule has 140 valence electrons. The van der Waals surface area contributed by atoms with Crippen LogP contribution in [0.3, 0.4) is 0 Å². The van der Waals surface area contributed by atoms with E-state index in [9.17, 15) is 13.2 Å². The van der Waals surface area contributed by atoms with E-state index in [1.165, 1.54) is 18.2 Å². The van der Waals surface area contributed by atoms with Gasteiger partial charge >= 0.3 is 6.18 Å². The maximum absolute atomic E-state index is 13.2. The molecular formula is C19H16ClF3N4. The third-order valence-corrected chi connectivity index (χ3v) is 4.12. The first kappa shape index (κ1) is 19.0. The summed E-state index contributed by atoms with van der Waals surface area (Å²) in [4.78, 5) is 8.42. The fourth-order valence-corrected chi connectivity index (χ4v) is 2.70. The van der Waals surface area contributed by atoms with Crippen LogP contribution < -0.4 is 10.6 Å². The number of anilines is 3. The lowest BCUT2D eigenvalue weighted by molar-refractivity contribution is -0.136. The van der Waals surface area contributed by atoms with E-state index in [2.05, 4.69) is 20.6 Å². The highest BCUT2D eigenvalue weighted by Gasteiger charge is 2.33. The van der Waals surface area contributed by atoms with Crippen LogP contribution in [-0.2, 0) is 12.7 Å². The van der Waals surface area contributed by atoms with Crippen molar-refractivity contribution in [2.24, 2.45) is 0 Å². The Hall–Kier alpha value is -2.80. The summed E-state index contributed by atoms with van der Waals surface area (Å²) >= 11 is 6.13. The van der Waals surface area contributed by atoms with E-state index in [-0.39, 0.29) is 11.6 Å². The van der Waals surface area contributed by atoms with Gasteiger partial charge in [0.25, 0.3) is 0 Å². The van der Waals surface area contributed by atoms with Gasteiger partial charge in [0.15, 0.2) is 0 Å². The molecule has 0 atom stereocenters. The summed E-state index contributed by atoms with van der Waals surface area (Å²) in [7, 11) is 0. The molecule has 4 nitrogen and oxygen atoms in total. The Morgan fingerprint density at radius 3 is 2.44 bits per heavy atom. The van der Waals surface area contributed by atoms with Crippen molar-refractivity contribution in [3.05, 3.63) is 76.4 Å². The van der Waals surface area contributed by atoms with Crippen LogP contribution in [0.5, 0.6) is 0 Å². The highest BCUT2D eigenvalue weighted by molar-refractivity contribution is 6.31. The fourth-order valence-electron chi connectivity index (χ4n) is 2.50. The summed E-state index contributed by atoms with van der Waals surface area (Å²) in [5, 5.41) is 6.40. The van der Waals surface area contributed by atoms with Gasteiger partial charge in [0.05, 0.1) is 11.3 Å². The number of nitrogens with one attached hydrogen (secondary N) is 2. The maximum Gasteiger partial charge on any atom is 0.418 e. The number of aromatic nitrogens is 2. The maximum atomic E-state index is 13.2. The number of nitrogens with zero attached hydrogens (tertiary/aromatic N) is 2. The average molecular weight is 393 g/mol. The van der Waals surface area contributed by atoms with Crippen LogP contribution in [0.15, 0.2) is 54.6 Å². The van der Waals surface area contributed by atoms with Crippen molar-refractivity contribution in [2.75, 3.05) is 10.6 Å². The average Bonchev–Trinajstić information content (AvgIpc) is 2.60. The molecule has 0 aliphatic rings. The van der Waals surface area contributed by atoms with Gasteiger partial charge in [0, 0.05) is 23.3 Å². The van der Waals surface area contributed by atoms with E-state index in [0.29, 0.717) is 23.1 Å². The van der Waals surface area contributed by atoms with E-state index < -0.39 is 11.7 Å². The number of hydrogen-bond donors (Lipinski definition) is 2. The molecule has 3 aromatic rings. The standard InChI is InChI=1S/C19H16ClF3N4/c1-12-10-17(24-11-13-6-2-4-8-15(13)20)27-18(25-12)26-16-9-5-3-7-14(16)19(21,22)23/h2-10H,11H2,1H3,(H2,24,25,26,27). The molecule has 0 saturated carbocycles. The Kier molecular flexibility index (Phi) is 5.51. The molecule has 8 heteroatoms. The van der Waals surface area contributed by atoms with Crippen LogP contribution in [0.1, 0.15) is 16.8 Å². The Morgan fingerprint density at radius 2 is 1.70 bits per heavy atom. The molecule has 0 aliphatic heterocycles.